The number of hydrogen-bond acceptors (Lipinski definition) is 4. The Balaban J connectivity index is 1.47. The molecule has 1 N–H and O–H groups in total. The van der Waals surface area contributed by atoms with E-state index in [1.165, 1.54) is 16.6 Å². The molecule has 2 aromatic carbocycles. The first-order valence-electron chi connectivity index (χ1n) is 8.86. The fourth-order valence-electron chi connectivity index (χ4n) is 3.34. The van der Waals surface area contributed by atoms with E-state index in [-0.39, 0.29) is 11.3 Å². The zero-order chi connectivity index (χ0) is 17.8. The van der Waals surface area contributed by atoms with Crippen LogP contribution >= 0.6 is 0 Å². The van der Waals surface area contributed by atoms with Gasteiger partial charge in [0.15, 0.2) is 0 Å². The zero-order valence-corrected chi connectivity index (χ0v) is 14.5. The Bertz CT molecular complexity index is 844. The second kappa shape index (κ2) is 7.07. The van der Waals surface area contributed by atoms with Gasteiger partial charge in [0.05, 0.1) is 0 Å². The summed E-state index contributed by atoms with van der Waals surface area (Å²) in [7, 11) is 0. The number of hydrogen-bond donors (Lipinski definition) is 1. The van der Waals surface area contributed by atoms with Crippen LogP contribution < -0.4 is 5.32 Å². The van der Waals surface area contributed by atoms with Gasteiger partial charge < -0.3 is 5.32 Å². The standard InChI is InChI=1S/C20H21N5O/c26-19(21-14-20(11-12-20)17-9-5-2-6-10-17)18(25-15-22-23-24-25)13-16-7-3-1-4-8-16/h1-10,15,18H,11-14H2,(H,21,26)/t18-/m1/s1. The number of aromatic nitrogens is 4. The normalized spacial score (nSPS) is 16.0. The highest BCUT2D eigenvalue weighted by atomic mass is 16.2. The van der Waals surface area contributed by atoms with Crippen LogP contribution in [0.4, 0.5) is 0 Å². The largest absolute Gasteiger partial charge is 0.353 e. The molecule has 0 radical (unpaired) electrons. The SMILES string of the molecule is O=C(NCC1(c2ccccc2)CC1)[C@@H](Cc1ccccc1)n1cnnn1. The van der Waals surface area contributed by atoms with E-state index in [1.807, 2.05) is 36.4 Å². The van der Waals surface area contributed by atoms with Gasteiger partial charge >= 0.3 is 0 Å². The molecule has 0 bridgehead atoms. The van der Waals surface area contributed by atoms with Crippen LogP contribution in [0, 0.1) is 0 Å². The minimum atomic E-state index is -0.459. The Hall–Kier alpha value is -3.02. The Morgan fingerprint density at radius 3 is 2.38 bits per heavy atom. The lowest BCUT2D eigenvalue weighted by atomic mass is 9.95. The highest BCUT2D eigenvalue weighted by Gasteiger charge is 2.44. The van der Waals surface area contributed by atoms with Crippen molar-refractivity contribution in [3.8, 4) is 0 Å². The number of carbonyl (C=O) groups excluding carboxylic acids is 1. The smallest absolute Gasteiger partial charge is 0.245 e. The lowest BCUT2D eigenvalue weighted by Crippen LogP contribution is -2.38. The van der Waals surface area contributed by atoms with E-state index in [4.69, 9.17) is 0 Å². The lowest BCUT2D eigenvalue weighted by molar-refractivity contribution is -0.124. The topological polar surface area (TPSA) is 72.7 Å². The Kier molecular flexibility index (Phi) is 4.48. The predicted molar refractivity (Wildman–Crippen MR) is 97.4 cm³/mol. The number of carbonyl (C=O) groups is 1. The van der Waals surface area contributed by atoms with Gasteiger partial charge in [-0.2, -0.15) is 0 Å². The van der Waals surface area contributed by atoms with Crippen LogP contribution in [-0.2, 0) is 16.6 Å². The molecule has 132 valence electrons. The number of nitrogens with zero attached hydrogens (tertiary/aromatic N) is 4. The molecule has 0 saturated heterocycles. The fourth-order valence-corrected chi connectivity index (χ4v) is 3.34. The molecule has 6 nitrogen and oxygen atoms in total. The van der Waals surface area contributed by atoms with Crippen LogP contribution in [0.25, 0.3) is 0 Å². The molecule has 4 rings (SSSR count). The molecule has 6 heteroatoms. The third-order valence-electron chi connectivity index (χ3n) is 5.10. The van der Waals surface area contributed by atoms with Gasteiger partial charge in [-0.3, -0.25) is 4.79 Å². The molecular weight excluding hydrogens is 326 g/mol. The molecule has 1 atom stereocenters. The Labute approximate surface area is 152 Å². The Morgan fingerprint density at radius 1 is 1.08 bits per heavy atom. The number of rotatable bonds is 7. The van der Waals surface area contributed by atoms with Crippen molar-refractivity contribution in [1.29, 1.82) is 0 Å². The van der Waals surface area contributed by atoms with Crippen molar-refractivity contribution in [1.82, 2.24) is 25.5 Å². The predicted octanol–water partition coefficient (Wildman–Crippen LogP) is 2.30. The number of tetrazole rings is 1. The zero-order valence-electron chi connectivity index (χ0n) is 14.5. The molecule has 0 spiro atoms. The third kappa shape index (κ3) is 3.49. The summed E-state index contributed by atoms with van der Waals surface area (Å²) in [5.74, 6) is -0.0524. The first-order chi connectivity index (χ1) is 12.8. The summed E-state index contributed by atoms with van der Waals surface area (Å²) in [6, 6.07) is 19.9. The van der Waals surface area contributed by atoms with Crippen molar-refractivity contribution < 1.29 is 4.79 Å². The van der Waals surface area contributed by atoms with Gasteiger partial charge in [-0.15, -0.1) is 5.10 Å². The van der Waals surface area contributed by atoms with Crippen LogP contribution in [0.1, 0.15) is 30.0 Å². The first kappa shape index (κ1) is 16.4. The van der Waals surface area contributed by atoms with Crippen molar-refractivity contribution in [2.75, 3.05) is 6.54 Å². The molecule has 0 unspecified atom stereocenters. The summed E-state index contributed by atoms with van der Waals surface area (Å²) in [6.45, 7) is 0.642. The number of benzene rings is 2. The van der Waals surface area contributed by atoms with Crippen LogP contribution in [0.15, 0.2) is 67.0 Å². The second-order valence-electron chi connectivity index (χ2n) is 6.86. The molecule has 1 heterocycles. The number of nitrogens with one attached hydrogen (secondary N) is 1. The van der Waals surface area contributed by atoms with E-state index in [0.29, 0.717) is 13.0 Å². The van der Waals surface area contributed by atoms with Gasteiger partial charge in [0.1, 0.15) is 12.4 Å². The van der Waals surface area contributed by atoms with Crippen molar-refractivity contribution in [3.05, 3.63) is 78.1 Å². The average molecular weight is 347 g/mol. The van der Waals surface area contributed by atoms with Crippen LogP contribution in [0.2, 0.25) is 0 Å². The highest BCUT2D eigenvalue weighted by molar-refractivity contribution is 5.80. The second-order valence-corrected chi connectivity index (χ2v) is 6.86. The van der Waals surface area contributed by atoms with E-state index in [1.54, 1.807) is 0 Å². The van der Waals surface area contributed by atoms with Crippen LogP contribution in [0.5, 0.6) is 0 Å². The van der Waals surface area contributed by atoms with Gasteiger partial charge in [-0.05, 0) is 34.4 Å². The maximum absolute atomic E-state index is 12.9. The quantitative estimate of drug-likeness (QED) is 0.712. The summed E-state index contributed by atoms with van der Waals surface area (Å²) >= 11 is 0. The van der Waals surface area contributed by atoms with Crippen molar-refractivity contribution >= 4 is 5.91 Å². The highest BCUT2D eigenvalue weighted by Crippen LogP contribution is 2.47. The van der Waals surface area contributed by atoms with E-state index in [9.17, 15) is 4.79 Å². The van der Waals surface area contributed by atoms with E-state index < -0.39 is 6.04 Å². The van der Waals surface area contributed by atoms with Crippen molar-refractivity contribution in [2.24, 2.45) is 0 Å². The fraction of sp³-hybridized carbons (Fsp3) is 0.300. The molecule has 1 saturated carbocycles. The minimum absolute atomic E-state index is 0.0524. The molecule has 1 fully saturated rings. The summed E-state index contributed by atoms with van der Waals surface area (Å²) in [4.78, 5) is 12.9. The van der Waals surface area contributed by atoms with E-state index >= 15 is 0 Å². The van der Waals surface area contributed by atoms with E-state index in [2.05, 4.69) is 45.1 Å². The molecular formula is C20H21N5O. The third-order valence-corrected chi connectivity index (χ3v) is 5.10. The Morgan fingerprint density at radius 2 is 1.77 bits per heavy atom. The lowest BCUT2D eigenvalue weighted by Gasteiger charge is -2.20. The molecule has 1 aliphatic carbocycles. The van der Waals surface area contributed by atoms with Gasteiger partial charge in [0.25, 0.3) is 0 Å². The summed E-state index contributed by atoms with van der Waals surface area (Å²) in [6.07, 6.45) is 4.25. The van der Waals surface area contributed by atoms with E-state index in [0.717, 1.165) is 18.4 Å². The maximum Gasteiger partial charge on any atom is 0.245 e. The average Bonchev–Trinajstić information content (AvgIpc) is 3.30. The van der Waals surface area contributed by atoms with Crippen LogP contribution in [-0.4, -0.2) is 32.7 Å². The maximum atomic E-state index is 12.9. The van der Waals surface area contributed by atoms with Crippen molar-refractivity contribution in [2.45, 2.75) is 30.7 Å². The number of amides is 1. The minimum Gasteiger partial charge on any atom is -0.353 e. The molecule has 1 aliphatic rings. The molecule has 0 aliphatic heterocycles. The molecule has 26 heavy (non-hydrogen) atoms. The summed E-state index contributed by atoms with van der Waals surface area (Å²) in [5, 5.41) is 14.5. The van der Waals surface area contributed by atoms with Gasteiger partial charge in [-0.1, -0.05) is 60.7 Å². The first-order valence-corrected chi connectivity index (χ1v) is 8.86. The molecule has 3 aromatic rings. The summed E-state index contributed by atoms with van der Waals surface area (Å²) in [5.41, 5.74) is 2.45. The van der Waals surface area contributed by atoms with Gasteiger partial charge in [-0.25, -0.2) is 4.68 Å². The van der Waals surface area contributed by atoms with Crippen molar-refractivity contribution in [3.63, 3.8) is 0 Å². The van der Waals surface area contributed by atoms with Crippen LogP contribution in [0.3, 0.4) is 0 Å². The van der Waals surface area contributed by atoms with Gasteiger partial charge in [0.2, 0.25) is 5.91 Å². The summed E-state index contributed by atoms with van der Waals surface area (Å²) < 4.78 is 1.53. The molecule has 1 aromatic heterocycles. The van der Waals surface area contributed by atoms with Gasteiger partial charge in [0, 0.05) is 18.4 Å². The monoisotopic (exact) mass is 347 g/mol. The molecule has 1 amide bonds.